The van der Waals surface area contributed by atoms with Gasteiger partial charge in [-0.3, -0.25) is 10.0 Å². The highest BCUT2D eigenvalue weighted by molar-refractivity contribution is 5.93. The van der Waals surface area contributed by atoms with Crippen molar-refractivity contribution in [1.82, 2.24) is 19.9 Å². The number of likely N-dealkylation sites (tertiary alicyclic amines) is 1. The molecule has 0 atom stereocenters. The van der Waals surface area contributed by atoms with Gasteiger partial charge in [0.25, 0.3) is 5.91 Å². The predicted octanol–water partition coefficient (Wildman–Crippen LogP) is 4.13. The van der Waals surface area contributed by atoms with Crippen LogP contribution in [0.25, 0.3) is 11.0 Å². The van der Waals surface area contributed by atoms with Crippen LogP contribution in [0, 0.1) is 0 Å². The molecule has 0 spiro atoms. The number of hydrogen-bond acceptors (Lipinski definition) is 4. The smallest absolute Gasteiger partial charge is 0.274 e. The third-order valence-corrected chi connectivity index (χ3v) is 5.95. The lowest BCUT2D eigenvalue weighted by molar-refractivity contribution is 0.0706. The molecule has 31 heavy (non-hydrogen) atoms. The van der Waals surface area contributed by atoms with Gasteiger partial charge in [-0.05, 0) is 81.1 Å². The van der Waals surface area contributed by atoms with Crippen LogP contribution in [-0.2, 0) is 6.54 Å². The number of carbonyl (C=O) groups excluding carboxylic acids is 1. The van der Waals surface area contributed by atoms with E-state index in [2.05, 4.69) is 21.6 Å². The first-order chi connectivity index (χ1) is 14.8. The second-order valence-electron chi connectivity index (χ2n) is 9.03. The molecule has 0 saturated carbocycles. The Labute approximate surface area is 181 Å². The second kappa shape index (κ2) is 8.77. The zero-order valence-corrected chi connectivity index (χ0v) is 18.0. The van der Waals surface area contributed by atoms with Crippen LogP contribution in [0.3, 0.4) is 0 Å². The van der Waals surface area contributed by atoms with E-state index >= 15 is 0 Å². The number of benzene rings is 1. The van der Waals surface area contributed by atoms with Crippen molar-refractivity contribution in [2.75, 3.05) is 19.6 Å². The van der Waals surface area contributed by atoms with E-state index in [0.29, 0.717) is 24.6 Å². The van der Waals surface area contributed by atoms with Gasteiger partial charge in [0, 0.05) is 36.4 Å². The molecule has 1 aromatic carbocycles. The average Bonchev–Trinajstić information content (AvgIpc) is 3.15. The largest absolute Gasteiger partial charge is 0.328 e. The number of aromatic nitrogens is 2. The Balaban J connectivity index is 1.43. The molecule has 7 heteroatoms. The van der Waals surface area contributed by atoms with Gasteiger partial charge >= 0.3 is 0 Å². The van der Waals surface area contributed by atoms with Crippen LogP contribution < -0.4 is 5.48 Å². The Hall–Kier alpha value is -2.77. The molecule has 3 aromatic rings. The molecule has 1 aliphatic rings. The highest BCUT2D eigenvalue weighted by Gasteiger charge is 2.26. The van der Waals surface area contributed by atoms with E-state index in [1.807, 2.05) is 24.5 Å². The van der Waals surface area contributed by atoms with Gasteiger partial charge in [-0.2, -0.15) is 0 Å². The van der Waals surface area contributed by atoms with Gasteiger partial charge in [-0.1, -0.05) is 12.1 Å². The minimum absolute atomic E-state index is 0.410. The minimum Gasteiger partial charge on any atom is -0.328 e. The number of amides is 1. The van der Waals surface area contributed by atoms with E-state index < -0.39 is 11.6 Å². The number of hydroxylamine groups is 1. The van der Waals surface area contributed by atoms with Crippen molar-refractivity contribution >= 4 is 16.9 Å². The molecule has 1 fully saturated rings. The zero-order chi connectivity index (χ0) is 22.0. The number of hydrogen-bond donors (Lipinski definition) is 2. The molecule has 1 aliphatic heterocycles. The normalized spacial score (nSPS) is 16.0. The van der Waals surface area contributed by atoms with Gasteiger partial charge in [-0.25, -0.2) is 14.9 Å². The Bertz CT molecular complexity index is 1050. The molecular weight excluding hydrogens is 395 g/mol. The molecule has 0 radical (unpaired) electrons. The van der Waals surface area contributed by atoms with Gasteiger partial charge < -0.3 is 9.47 Å². The molecule has 6 nitrogen and oxygen atoms in total. The van der Waals surface area contributed by atoms with Crippen molar-refractivity contribution in [1.29, 1.82) is 0 Å². The third-order valence-electron chi connectivity index (χ3n) is 5.95. The van der Waals surface area contributed by atoms with E-state index in [1.165, 1.54) is 5.56 Å². The third kappa shape index (κ3) is 5.11. The Morgan fingerprint density at radius 2 is 1.94 bits per heavy atom. The topological polar surface area (TPSA) is 70.4 Å². The Morgan fingerprint density at radius 1 is 1.23 bits per heavy atom. The fourth-order valence-electron chi connectivity index (χ4n) is 4.42. The van der Waals surface area contributed by atoms with Gasteiger partial charge in [-0.15, -0.1) is 0 Å². The van der Waals surface area contributed by atoms with Crippen LogP contribution in [0.5, 0.6) is 0 Å². The molecule has 1 saturated heterocycles. The van der Waals surface area contributed by atoms with Gasteiger partial charge in [0.15, 0.2) is 0 Å². The van der Waals surface area contributed by atoms with E-state index in [4.69, 9.17) is 10.2 Å². The maximum Gasteiger partial charge on any atom is 0.274 e. The summed E-state index contributed by atoms with van der Waals surface area (Å²) in [6, 6.07) is 11.4. The SMILES string of the molecule is CC(C)(F)CN1CCC(c2cnc3c(ccn3Cc3ccc(C(=O)NO)cc3)c2)CC1. The maximum absolute atomic E-state index is 13.9. The summed E-state index contributed by atoms with van der Waals surface area (Å²) in [5.41, 5.74) is 4.12. The summed E-state index contributed by atoms with van der Waals surface area (Å²) >= 11 is 0. The Kier molecular flexibility index (Phi) is 6.07. The lowest BCUT2D eigenvalue weighted by atomic mass is 9.89. The summed E-state index contributed by atoms with van der Waals surface area (Å²) in [6.45, 7) is 6.26. The molecular formula is C24H29FN4O2. The van der Waals surface area contributed by atoms with Gasteiger partial charge in [0.2, 0.25) is 0 Å². The van der Waals surface area contributed by atoms with Crippen LogP contribution in [0.2, 0.25) is 0 Å². The van der Waals surface area contributed by atoms with Crippen LogP contribution in [0.4, 0.5) is 4.39 Å². The number of rotatable bonds is 6. The monoisotopic (exact) mass is 424 g/mol. The summed E-state index contributed by atoms with van der Waals surface area (Å²) < 4.78 is 16.0. The number of nitrogens with zero attached hydrogens (tertiary/aromatic N) is 3. The molecule has 2 N–H and O–H groups in total. The van der Waals surface area contributed by atoms with Crippen molar-refractivity contribution in [3.8, 4) is 0 Å². The van der Waals surface area contributed by atoms with E-state index in [0.717, 1.165) is 42.5 Å². The van der Waals surface area contributed by atoms with Crippen LogP contribution in [0.15, 0.2) is 48.8 Å². The summed E-state index contributed by atoms with van der Waals surface area (Å²) in [4.78, 5) is 18.4. The number of halogens is 1. The summed E-state index contributed by atoms with van der Waals surface area (Å²) in [6.07, 6.45) is 6.06. The molecule has 0 bridgehead atoms. The number of carbonyl (C=O) groups is 1. The highest BCUT2D eigenvalue weighted by atomic mass is 19.1. The first-order valence-electron chi connectivity index (χ1n) is 10.7. The molecule has 0 aliphatic carbocycles. The minimum atomic E-state index is -1.15. The Morgan fingerprint density at radius 3 is 2.58 bits per heavy atom. The van der Waals surface area contributed by atoms with Crippen LogP contribution in [-0.4, -0.2) is 50.9 Å². The lowest BCUT2D eigenvalue weighted by Gasteiger charge is -2.34. The zero-order valence-electron chi connectivity index (χ0n) is 18.0. The quantitative estimate of drug-likeness (QED) is 0.461. The van der Waals surface area contributed by atoms with E-state index in [1.54, 1.807) is 31.5 Å². The van der Waals surface area contributed by atoms with Crippen molar-refractivity contribution in [2.24, 2.45) is 0 Å². The number of alkyl halides is 1. The standard InChI is InChI=1S/C24H29FN4O2/c1-24(2,25)16-28-10-7-18(8-11-28)21-13-20-9-12-29(22(20)26-14-21)15-17-3-5-19(6-4-17)23(30)27-31/h3-6,9,12-14,18,31H,7-8,10-11,15-16H2,1-2H3,(H,27,30). The van der Waals surface area contributed by atoms with Gasteiger partial charge in [0.05, 0.1) is 0 Å². The molecule has 0 unspecified atom stereocenters. The molecule has 2 aromatic heterocycles. The molecule has 4 rings (SSSR count). The van der Waals surface area contributed by atoms with E-state index in [9.17, 15) is 9.18 Å². The van der Waals surface area contributed by atoms with Gasteiger partial charge in [0.1, 0.15) is 11.3 Å². The first kappa shape index (κ1) is 21.5. The lowest BCUT2D eigenvalue weighted by Crippen LogP contribution is -2.40. The molecule has 3 heterocycles. The average molecular weight is 425 g/mol. The highest BCUT2D eigenvalue weighted by Crippen LogP contribution is 2.30. The number of nitrogens with one attached hydrogen (secondary N) is 1. The van der Waals surface area contributed by atoms with Crippen molar-refractivity contribution in [2.45, 2.75) is 44.8 Å². The maximum atomic E-state index is 13.9. The fraction of sp³-hybridized carbons (Fsp3) is 0.417. The number of fused-ring (bicyclic) bond motifs is 1. The van der Waals surface area contributed by atoms with Crippen LogP contribution in [0.1, 0.15) is 54.1 Å². The summed E-state index contributed by atoms with van der Waals surface area (Å²) in [5.74, 6) is -0.0594. The second-order valence-corrected chi connectivity index (χ2v) is 9.03. The molecule has 1 amide bonds. The number of piperidine rings is 1. The first-order valence-corrected chi connectivity index (χ1v) is 10.7. The fourth-order valence-corrected chi connectivity index (χ4v) is 4.42. The molecule has 164 valence electrons. The predicted molar refractivity (Wildman–Crippen MR) is 118 cm³/mol. The van der Waals surface area contributed by atoms with Crippen LogP contribution >= 0.6 is 0 Å². The van der Waals surface area contributed by atoms with Crippen molar-refractivity contribution in [3.63, 3.8) is 0 Å². The van der Waals surface area contributed by atoms with Crippen molar-refractivity contribution < 1.29 is 14.4 Å². The van der Waals surface area contributed by atoms with E-state index in [-0.39, 0.29) is 0 Å². The number of pyridine rings is 1. The summed E-state index contributed by atoms with van der Waals surface area (Å²) in [7, 11) is 0. The van der Waals surface area contributed by atoms with Crippen molar-refractivity contribution in [3.05, 3.63) is 65.5 Å². The summed E-state index contributed by atoms with van der Waals surface area (Å²) in [5, 5.41) is 9.84.